The van der Waals surface area contributed by atoms with Crippen molar-refractivity contribution in [3.63, 3.8) is 0 Å². The van der Waals surface area contributed by atoms with E-state index in [1.54, 1.807) is 0 Å². The Morgan fingerprint density at radius 1 is 1.00 bits per heavy atom. The predicted molar refractivity (Wildman–Crippen MR) is 120 cm³/mol. The molecule has 0 aliphatic heterocycles. The van der Waals surface area contributed by atoms with E-state index < -0.39 is 72.5 Å². The summed E-state index contributed by atoms with van der Waals surface area (Å²) in [6.07, 6.45) is -18.3. The van der Waals surface area contributed by atoms with E-state index >= 15 is 0 Å². The highest BCUT2D eigenvalue weighted by atomic mass is 19.4. The maximum atomic E-state index is 13.6. The van der Waals surface area contributed by atoms with Gasteiger partial charge in [0, 0.05) is 17.8 Å². The Morgan fingerprint density at radius 3 is 2.15 bits per heavy atom. The van der Waals surface area contributed by atoms with Crippen LogP contribution in [0.3, 0.4) is 0 Å². The van der Waals surface area contributed by atoms with Gasteiger partial charge in [0.2, 0.25) is 0 Å². The topological polar surface area (TPSA) is 93.1 Å². The van der Waals surface area contributed by atoms with Crippen LogP contribution in [-0.2, 0) is 19.1 Å². The fourth-order valence-corrected chi connectivity index (χ4v) is 11.1. The molecule has 7 aliphatic rings. The summed E-state index contributed by atoms with van der Waals surface area (Å²) in [4.78, 5) is 25.4. The Labute approximate surface area is 221 Å². The van der Waals surface area contributed by atoms with E-state index in [2.05, 4.69) is 32.4 Å². The van der Waals surface area contributed by atoms with E-state index in [0.717, 1.165) is 12.8 Å². The normalized spacial score (nSPS) is 48.9. The number of esters is 1. The van der Waals surface area contributed by atoms with Crippen molar-refractivity contribution < 1.29 is 55.6 Å². The molecule has 0 aromatic heterocycles. The maximum absolute atomic E-state index is 13.6. The lowest BCUT2D eigenvalue weighted by molar-refractivity contribution is -0.357. The number of aliphatic hydroxyl groups excluding tert-OH is 2. The number of halogens is 6. The van der Waals surface area contributed by atoms with Crippen LogP contribution in [0.2, 0.25) is 0 Å². The van der Waals surface area contributed by atoms with Crippen molar-refractivity contribution in [3.05, 3.63) is 0 Å². The van der Waals surface area contributed by atoms with Gasteiger partial charge in [-0.25, -0.2) is 0 Å². The monoisotopic (exact) mass is 568 g/mol. The molecule has 12 atom stereocenters. The van der Waals surface area contributed by atoms with Crippen molar-refractivity contribution in [2.24, 2.45) is 63.1 Å². The number of hydrogen-bond donors (Lipinski definition) is 2. The number of aliphatic hydroxyl groups is 2. The largest absolute Gasteiger partial charge is 0.459 e. The zero-order chi connectivity index (χ0) is 28.9. The molecular formula is C27H34F6O6. The average molecular weight is 569 g/mol. The molecule has 6 nitrogen and oxygen atoms in total. The molecule has 0 heterocycles. The molecule has 0 aromatic carbocycles. The van der Waals surface area contributed by atoms with E-state index in [0.29, 0.717) is 18.6 Å². The molecule has 0 amide bonds. The first-order valence-electron chi connectivity index (χ1n) is 13.6. The summed E-state index contributed by atoms with van der Waals surface area (Å²) < 4.78 is 88.3. The van der Waals surface area contributed by atoms with Crippen molar-refractivity contribution in [2.75, 3.05) is 0 Å². The highest BCUT2D eigenvalue weighted by molar-refractivity contribution is 5.75. The van der Waals surface area contributed by atoms with Crippen LogP contribution in [0.25, 0.3) is 0 Å². The van der Waals surface area contributed by atoms with Gasteiger partial charge in [0.05, 0.1) is 12.0 Å². The third kappa shape index (κ3) is 3.17. The number of rotatable bonds is 6. The van der Waals surface area contributed by atoms with Crippen LogP contribution < -0.4 is 0 Å². The zero-order valence-electron chi connectivity index (χ0n) is 22.1. The second-order valence-corrected chi connectivity index (χ2v) is 14.2. The van der Waals surface area contributed by atoms with Crippen LogP contribution >= 0.6 is 0 Å². The molecule has 2 N–H and O–H groups in total. The molecule has 7 rings (SSSR count). The van der Waals surface area contributed by atoms with E-state index in [1.807, 2.05) is 0 Å². The lowest BCUT2D eigenvalue weighted by Crippen LogP contribution is -2.59. The number of fused-ring (bicyclic) bond motifs is 2. The standard InChI is InChI=1S/C27H34F6O6/c1-22(2)18-12-6-24(9-25(18,22)23(24,3)4)7-13(12)19(36)38-17-11-5-10(16(17)35)14(8-34)15(11)20(37)39-21(26(28,29)30)27(31,32)33/h8,10-18,20-21,35,37H,5-7,9H2,1-4H3. The van der Waals surface area contributed by atoms with Crippen molar-refractivity contribution in [2.45, 2.75) is 90.3 Å². The number of carbonyl (C=O) groups excluding carboxylic acids is 2. The first kappa shape index (κ1) is 27.8. The first-order chi connectivity index (χ1) is 17.8. The molecular weight excluding hydrogens is 534 g/mol. The van der Waals surface area contributed by atoms with Gasteiger partial charge in [-0.2, -0.15) is 26.3 Å². The number of aldehydes is 1. The van der Waals surface area contributed by atoms with Crippen LogP contribution in [0.5, 0.6) is 0 Å². The Morgan fingerprint density at radius 2 is 1.62 bits per heavy atom. The minimum absolute atomic E-state index is 0.000139. The summed E-state index contributed by atoms with van der Waals surface area (Å²) in [5.74, 6) is -5.17. The van der Waals surface area contributed by atoms with Crippen LogP contribution in [0.4, 0.5) is 26.3 Å². The van der Waals surface area contributed by atoms with Gasteiger partial charge in [-0.3, -0.25) is 4.79 Å². The Hall–Kier alpha value is -1.40. The second-order valence-electron chi connectivity index (χ2n) is 14.2. The molecule has 12 unspecified atom stereocenters. The van der Waals surface area contributed by atoms with Crippen molar-refractivity contribution in [1.82, 2.24) is 0 Å². The maximum Gasteiger partial charge on any atom is 0.423 e. The van der Waals surface area contributed by atoms with E-state index in [4.69, 9.17) is 4.74 Å². The molecule has 39 heavy (non-hydrogen) atoms. The predicted octanol–water partition coefficient (Wildman–Crippen LogP) is 4.27. The minimum Gasteiger partial charge on any atom is -0.459 e. The first-order valence-corrected chi connectivity index (χ1v) is 13.6. The van der Waals surface area contributed by atoms with Crippen LogP contribution in [0, 0.1) is 63.1 Å². The minimum atomic E-state index is -5.85. The van der Waals surface area contributed by atoms with E-state index in [1.165, 1.54) is 0 Å². The SMILES string of the molecule is CC1(C)C2C3CC4(CC3C(=O)OC3C(O)C5CC3C(C(O)OC(C(F)(F)F)C(F)(F)F)C5C=O)CC21C4(C)C. The summed E-state index contributed by atoms with van der Waals surface area (Å²) in [5, 5.41) is 21.3. The highest BCUT2D eigenvalue weighted by Crippen LogP contribution is 2.98. The molecule has 0 radical (unpaired) electrons. The quantitative estimate of drug-likeness (QED) is 0.215. The Kier molecular flexibility index (Phi) is 5.48. The summed E-state index contributed by atoms with van der Waals surface area (Å²) in [7, 11) is 0. The molecule has 2 spiro atoms. The van der Waals surface area contributed by atoms with Crippen LogP contribution in [-0.4, -0.2) is 59.4 Å². The number of hydrogen-bond acceptors (Lipinski definition) is 6. The van der Waals surface area contributed by atoms with Gasteiger partial charge in [0.1, 0.15) is 12.4 Å². The molecule has 7 fully saturated rings. The van der Waals surface area contributed by atoms with Crippen LogP contribution in [0.15, 0.2) is 0 Å². The van der Waals surface area contributed by atoms with E-state index in [9.17, 15) is 46.1 Å². The summed E-state index contributed by atoms with van der Waals surface area (Å²) in [6.45, 7) is 9.00. The Bertz CT molecular complexity index is 1070. The van der Waals surface area contributed by atoms with Crippen molar-refractivity contribution in [3.8, 4) is 0 Å². The van der Waals surface area contributed by atoms with Gasteiger partial charge in [0.15, 0.2) is 6.29 Å². The van der Waals surface area contributed by atoms with E-state index in [-0.39, 0.29) is 34.0 Å². The van der Waals surface area contributed by atoms with Gasteiger partial charge in [-0.05, 0) is 65.1 Å². The lowest BCUT2D eigenvalue weighted by atomic mass is 9.38. The number of alkyl halides is 6. The molecule has 5 bridgehead atoms. The number of ether oxygens (including phenoxy) is 2. The summed E-state index contributed by atoms with van der Waals surface area (Å²) in [5.41, 5.74) is 0.311. The van der Waals surface area contributed by atoms with Gasteiger partial charge in [-0.15, -0.1) is 0 Å². The van der Waals surface area contributed by atoms with Gasteiger partial charge < -0.3 is 24.5 Å². The summed E-state index contributed by atoms with van der Waals surface area (Å²) >= 11 is 0. The molecule has 7 saturated carbocycles. The van der Waals surface area contributed by atoms with Crippen LogP contribution in [0.1, 0.15) is 53.4 Å². The third-order valence-electron chi connectivity index (χ3n) is 12.7. The molecule has 0 aromatic rings. The smallest absolute Gasteiger partial charge is 0.423 e. The zero-order valence-corrected chi connectivity index (χ0v) is 22.1. The summed E-state index contributed by atoms with van der Waals surface area (Å²) in [6, 6.07) is 0. The van der Waals surface area contributed by atoms with Crippen molar-refractivity contribution >= 4 is 12.3 Å². The van der Waals surface area contributed by atoms with Gasteiger partial charge in [-0.1, -0.05) is 27.7 Å². The molecule has 220 valence electrons. The molecule has 0 saturated heterocycles. The highest BCUT2D eigenvalue weighted by Gasteiger charge is 2.93. The fraction of sp³-hybridized carbons (Fsp3) is 0.926. The van der Waals surface area contributed by atoms with Gasteiger partial charge >= 0.3 is 18.3 Å². The average Bonchev–Trinajstić information content (AvgIpc) is 3.13. The molecule has 12 heteroatoms. The third-order valence-corrected chi connectivity index (χ3v) is 12.7. The van der Waals surface area contributed by atoms with Gasteiger partial charge in [0.25, 0.3) is 6.10 Å². The Balaban J connectivity index is 1.21. The molecule has 7 aliphatic carbocycles. The van der Waals surface area contributed by atoms with Crippen molar-refractivity contribution in [1.29, 1.82) is 0 Å². The fourth-order valence-electron chi connectivity index (χ4n) is 11.1. The lowest BCUT2D eigenvalue weighted by Gasteiger charge is -2.66. The second kappa shape index (κ2) is 7.70. The number of carbonyl (C=O) groups is 2.